The molecule has 0 atom stereocenters. The van der Waals surface area contributed by atoms with Crippen molar-refractivity contribution in [1.29, 1.82) is 0 Å². The second-order valence-corrected chi connectivity index (χ2v) is 4.75. The lowest BCUT2D eigenvalue weighted by atomic mass is 10.2. The summed E-state index contributed by atoms with van der Waals surface area (Å²) in [4.78, 5) is 0. The predicted molar refractivity (Wildman–Crippen MR) is 65.2 cm³/mol. The highest BCUT2D eigenvalue weighted by molar-refractivity contribution is 5.15. The molecule has 0 fully saturated rings. The normalized spacial score (nSPS) is 11.6. The van der Waals surface area contributed by atoms with Crippen LogP contribution in [0.4, 0.5) is 0 Å². The molecular weight excluding hydrogens is 202 g/mol. The van der Waals surface area contributed by atoms with Crippen molar-refractivity contribution < 1.29 is 9.15 Å². The maximum absolute atomic E-state index is 5.57. The Morgan fingerprint density at radius 2 is 2.06 bits per heavy atom. The van der Waals surface area contributed by atoms with Gasteiger partial charge in [0.15, 0.2) is 0 Å². The molecule has 3 nitrogen and oxygen atoms in total. The van der Waals surface area contributed by atoms with Crippen molar-refractivity contribution in [3.63, 3.8) is 0 Å². The Morgan fingerprint density at radius 1 is 1.31 bits per heavy atom. The number of hydrogen-bond donors (Lipinski definition) is 1. The summed E-state index contributed by atoms with van der Waals surface area (Å²) in [6.45, 7) is 10.9. The largest absolute Gasteiger partial charge is 0.468 e. The van der Waals surface area contributed by atoms with E-state index in [9.17, 15) is 0 Å². The van der Waals surface area contributed by atoms with Crippen molar-refractivity contribution in [2.45, 2.75) is 47.0 Å². The zero-order valence-electron chi connectivity index (χ0n) is 10.7. The first-order valence-electron chi connectivity index (χ1n) is 5.97. The van der Waals surface area contributed by atoms with Crippen LogP contribution in [-0.2, 0) is 17.9 Å². The van der Waals surface area contributed by atoms with Gasteiger partial charge in [-0.3, -0.25) is 0 Å². The Hall–Kier alpha value is -0.800. The average Bonchev–Trinajstić information content (AvgIpc) is 2.62. The first-order valence-corrected chi connectivity index (χ1v) is 5.97. The Labute approximate surface area is 98.2 Å². The maximum atomic E-state index is 5.57. The molecule has 1 heterocycles. The summed E-state index contributed by atoms with van der Waals surface area (Å²) in [5.74, 6) is 1.65. The number of hydrogen-bond acceptors (Lipinski definition) is 3. The number of nitrogens with one attached hydrogen (secondary N) is 1. The molecule has 16 heavy (non-hydrogen) atoms. The minimum Gasteiger partial charge on any atom is -0.468 e. The van der Waals surface area contributed by atoms with Gasteiger partial charge in [0.05, 0.1) is 25.5 Å². The van der Waals surface area contributed by atoms with Gasteiger partial charge >= 0.3 is 0 Å². The fourth-order valence-electron chi connectivity index (χ4n) is 1.38. The second kappa shape index (κ2) is 6.71. The highest BCUT2D eigenvalue weighted by Crippen LogP contribution is 2.12. The summed E-state index contributed by atoms with van der Waals surface area (Å²) in [7, 11) is 0. The standard InChI is InChI=1S/C13H23NO2/c1-10(2)7-14-8-13-12(5-6-15-13)9-16-11(3)4/h5-6,10-11,14H,7-9H2,1-4H3. The van der Waals surface area contributed by atoms with Gasteiger partial charge in [0.1, 0.15) is 5.76 Å². The summed E-state index contributed by atoms with van der Waals surface area (Å²) in [6.07, 6.45) is 1.98. The van der Waals surface area contributed by atoms with Gasteiger partial charge in [0, 0.05) is 5.56 Å². The molecule has 1 N–H and O–H groups in total. The van der Waals surface area contributed by atoms with Gasteiger partial charge in [-0.1, -0.05) is 13.8 Å². The van der Waals surface area contributed by atoms with E-state index in [-0.39, 0.29) is 6.10 Å². The van der Waals surface area contributed by atoms with Gasteiger partial charge < -0.3 is 14.5 Å². The van der Waals surface area contributed by atoms with E-state index in [4.69, 9.17) is 9.15 Å². The molecule has 0 saturated heterocycles. The summed E-state index contributed by atoms with van der Waals surface area (Å²) in [6, 6.07) is 1.98. The van der Waals surface area contributed by atoms with Gasteiger partial charge in [-0.25, -0.2) is 0 Å². The highest BCUT2D eigenvalue weighted by atomic mass is 16.5. The fraction of sp³-hybridized carbons (Fsp3) is 0.692. The first-order chi connectivity index (χ1) is 7.59. The molecule has 1 aromatic heterocycles. The minimum atomic E-state index is 0.256. The van der Waals surface area contributed by atoms with Gasteiger partial charge in [-0.05, 0) is 32.4 Å². The lowest BCUT2D eigenvalue weighted by Crippen LogP contribution is -2.19. The summed E-state index contributed by atoms with van der Waals surface area (Å²) in [5, 5.41) is 3.37. The highest BCUT2D eigenvalue weighted by Gasteiger charge is 2.07. The van der Waals surface area contributed by atoms with Gasteiger partial charge in [-0.15, -0.1) is 0 Å². The number of rotatable bonds is 7. The third kappa shape index (κ3) is 4.81. The van der Waals surface area contributed by atoms with E-state index in [1.807, 2.05) is 19.9 Å². The molecule has 0 radical (unpaired) electrons. The molecule has 0 aliphatic heterocycles. The van der Waals surface area contributed by atoms with Crippen LogP contribution in [0.3, 0.4) is 0 Å². The minimum absolute atomic E-state index is 0.256. The molecule has 0 aromatic carbocycles. The van der Waals surface area contributed by atoms with Crippen LogP contribution < -0.4 is 5.32 Å². The second-order valence-electron chi connectivity index (χ2n) is 4.75. The van der Waals surface area contributed by atoms with E-state index >= 15 is 0 Å². The lowest BCUT2D eigenvalue weighted by molar-refractivity contribution is 0.0647. The summed E-state index contributed by atoms with van der Waals surface area (Å²) >= 11 is 0. The zero-order valence-corrected chi connectivity index (χ0v) is 10.7. The Balaban J connectivity index is 2.38. The van der Waals surface area contributed by atoms with Crippen molar-refractivity contribution in [3.05, 3.63) is 23.7 Å². The molecule has 92 valence electrons. The monoisotopic (exact) mass is 225 g/mol. The third-order valence-electron chi connectivity index (χ3n) is 2.25. The SMILES string of the molecule is CC(C)CNCc1occc1COC(C)C. The number of ether oxygens (including phenoxy) is 1. The van der Waals surface area contributed by atoms with Gasteiger partial charge in [0.25, 0.3) is 0 Å². The van der Waals surface area contributed by atoms with Gasteiger partial charge in [0.2, 0.25) is 0 Å². The molecule has 0 aliphatic rings. The van der Waals surface area contributed by atoms with E-state index < -0.39 is 0 Å². The molecule has 0 spiro atoms. The van der Waals surface area contributed by atoms with Crippen molar-refractivity contribution in [1.82, 2.24) is 5.32 Å². The van der Waals surface area contributed by atoms with Gasteiger partial charge in [-0.2, -0.15) is 0 Å². The van der Waals surface area contributed by atoms with Crippen LogP contribution in [-0.4, -0.2) is 12.6 Å². The van der Waals surface area contributed by atoms with Crippen molar-refractivity contribution in [2.75, 3.05) is 6.54 Å². The van der Waals surface area contributed by atoms with Crippen LogP contribution in [0.15, 0.2) is 16.7 Å². The van der Waals surface area contributed by atoms with Crippen LogP contribution in [0.25, 0.3) is 0 Å². The van der Waals surface area contributed by atoms with E-state index in [0.717, 1.165) is 24.4 Å². The van der Waals surface area contributed by atoms with Crippen LogP contribution >= 0.6 is 0 Å². The smallest absolute Gasteiger partial charge is 0.123 e. The molecule has 0 aliphatic carbocycles. The van der Waals surface area contributed by atoms with Crippen molar-refractivity contribution in [3.8, 4) is 0 Å². The zero-order chi connectivity index (χ0) is 12.0. The first kappa shape index (κ1) is 13.3. The Bertz CT molecular complexity index is 292. The lowest BCUT2D eigenvalue weighted by Gasteiger charge is -2.09. The van der Waals surface area contributed by atoms with Crippen LogP contribution in [0.5, 0.6) is 0 Å². The fourth-order valence-corrected chi connectivity index (χ4v) is 1.38. The molecule has 3 heteroatoms. The topological polar surface area (TPSA) is 34.4 Å². The number of furan rings is 1. The molecule has 1 rings (SSSR count). The average molecular weight is 225 g/mol. The van der Waals surface area contributed by atoms with Crippen molar-refractivity contribution >= 4 is 0 Å². The molecule has 0 unspecified atom stereocenters. The molecule has 1 aromatic rings. The quantitative estimate of drug-likeness (QED) is 0.774. The summed E-state index contributed by atoms with van der Waals surface area (Å²) in [5.41, 5.74) is 1.14. The Kier molecular flexibility index (Phi) is 5.56. The van der Waals surface area contributed by atoms with E-state index in [1.54, 1.807) is 6.26 Å². The van der Waals surface area contributed by atoms with E-state index in [0.29, 0.717) is 12.5 Å². The van der Waals surface area contributed by atoms with Crippen LogP contribution in [0.1, 0.15) is 39.0 Å². The summed E-state index contributed by atoms with van der Waals surface area (Å²) < 4.78 is 11.0. The molecule has 0 saturated carbocycles. The predicted octanol–water partition coefficient (Wildman–Crippen LogP) is 2.95. The van der Waals surface area contributed by atoms with Crippen LogP contribution in [0.2, 0.25) is 0 Å². The van der Waals surface area contributed by atoms with Crippen LogP contribution in [0, 0.1) is 5.92 Å². The van der Waals surface area contributed by atoms with E-state index in [1.165, 1.54) is 0 Å². The van der Waals surface area contributed by atoms with Crippen molar-refractivity contribution in [2.24, 2.45) is 5.92 Å². The van der Waals surface area contributed by atoms with E-state index in [2.05, 4.69) is 19.2 Å². The molecule has 0 bridgehead atoms. The molecular formula is C13H23NO2. The maximum Gasteiger partial charge on any atom is 0.123 e. The Morgan fingerprint density at radius 3 is 2.69 bits per heavy atom. The molecule has 0 amide bonds. The third-order valence-corrected chi connectivity index (χ3v) is 2.25.